The minimum absolute atomic E-state index is 0.118. The lowest BCUT2D eigenvalue weighted by atomic mass is 10.4. The highest BCUT2D eigenvalue weighted by atomic mass is 16.5. The van der Waals surface area contributed by atoms with E-state index >= 15 is 0 Å². The average molecular weight is 158 g/mol. The van der Waals surface area contributed by atoms with Crippen LogP contribution >= 0.6 is 0 Å². The summed E-state index contributed by atoms with van der Waals surface area (Å²) in [4.78, 5) is 0. The summed E-state index contributed by atoms with van der Waals surface area (Å²) in [6.45, 7) is 7.46. The molecule has 0 spiro atoms. The fourth-order valence-electron chi connectivity index (χ4n) is 0.482. The molecule has 64 valence electrons. The first-order valence-electron chi connectivity index (χ1n) is 3.44. The molecule has 0 saturated carbocycles. The van der Waals surface area contributed by atoms with Gasteiger partial charge in [-0.05, 0) is 0 Å². The van der Waals surface area contributed by atoms with Crippen LogP contribution in [-0.4, -0.2) is 23.4 Å². The molecule has 0 aliphatic carbocycles. The van der Waals surface area contributed by atoms with E-state index in [-0.39, 0.29) is 11.5 Å². The molecule has 0 aromatic rings. The number of ether oxygens (including phenoxy) is 1. The lowest BCUT2D eigenvalue weighted by Crippen LogP contribution is -1.98. The second-order valence-electron chi connectivity index (χ2n) is 2.24. The van der Waals surface area contributed by atoms with E-state index in [1.165, 1.54) is 0 Å². The Bertz CT molecular complexity index is 124. The SMILES string of the molecule is C=C(O)CCOCCC(=C)O. The third-order valence-electron chi connectivity index (χ3n) is 1.07. The Kier molecular flexibility index (Phi) is 5.29. The Morgan fingerprint density at radius 3 is 1.64 bits per heavy atom. The molecule has 2 N–H and O–H groups in total. The van der Waals surface area contributed by atoms with Crippen LogP contribution in [0.3, 0.4) is 0 Å². The maximum absolute atomic E-state index is 8.62. The fraction of sp³-hybridized carbons (Fsp3) is 0.500. The predicted molar refractivity (Wildman–Crippen MR) is 43.6 cm³/mol. The monoisotopic (exact) mass is 158 g/mol. The van der Waals surface area contributed by atoms with Crippen LogP contribution in [0.5, 0.6) is 0 Å². The molecule has 0 rings (SSSR count). The van der Waals surface area contributed by atoms with Crippen molar-refractivity contribution >= 4 is 0 Å². The van der Waals surface area contributed by atoms with Crippen LogP contribution in [-0.2, 0) is 4.74 Å². The van der Waals surface area contributed by atoms with E-state index in [4.69, 9.17) is 14.9 Å². The molecule has 0 unspecified atom stereocenters. The van der Waals surface area contributed by atoms with Gasteiger partial charge in [0.05, 0.1) is 24.7 Å². The molecule has 0 saturated heterocycles. The number of aliphatic hydroxyl groups excluding tert-OH is 2. The largest absolute Gasteiger partial charge is 0.513 e. The van der Waals surface area contributed by atoms with E-state index in [0.717, 1.165) is 0 Å². The van der Waals surface area contributed by atoms with E-state index in [1.807, 2.05) is 0 Å². The Morgan fingerprint density at radius 1 is 1.00 bits per heavy atom. The Hall–Kier alpha value is -0.960. The van der Waals surface area contributed by atoms with Crippen molar-refractivity contribution in [2.24, 2.45) is 0 Å². The van der Waals surface area contributed by atoms with Crippen molar-refractivity contribution in [2.45, 2.75) is 12.8 Å². The molecule has 3 nitrogen and oxygen atoms in total. The first-order chi connectivity index (χ1) is 5.13. The summed E-state index contributed by atoms with van der Waals surface area (Å²) in [5.74, 6) is 0.237. The lowest BCUT2D eigenvalue weighted by Gasteiger charge is -2.01. The molecule has 0 aliphatic heterocycles. The molecule has 3 heteroatoms. The van der Waals surface area contributed by atoms with Crippen molar-refractivity contribution in [3.05, 3.63) is 24.7 Å². The lowest BCUT2D eigenvalue weighted by molar-refractivity contribution is 0.125. The van der Waals surface area contributed by atoms with Crippen LogP contribution in [0.15, 0.2) is 24.7 Å². The summed E-state index contributed by atoms with van der Waals surface area (Å²) in [5.41, 5.74) is 0. The molecular weight excluding hydrogens is 144 g/mol. The van der Waals surface area contributed by atoms with Crippen LogP contribution in [0, 0.1) is 0 Å². The number of rotatable bonds is 6. The predicted octanol–water partition coefficient (Wildman–Crippen LogP) is 1.93. The van der Waals surface area contributed by atoms with Crippen molar-refractivity contribution < 1.29 is 14.9 Å². The van der Waals surface area contributed by atoms with Gasteiger partial charge in [0.1, 0.15) is 0 Å². The smallest absolute Gasteiger partial charge is 0.0874 e. The van der Waals surface area contributed by atoms with Crippen molar-refractivity contribution in [1.82, 2.24) is 0 Å². The Labute approximate surface area is 66.6 Å². The van der Waals surface area contributed by atoms with Gasteiger partial charge < -0.3 is 14.9 Å². The molecule has 0 bridgehead atoms. The molecule has 0 aliphatic rings. The van der Waals surface area contributed by atoms with Crippen LogP contribution in [0.25, 0.3) is 0 Å². The molecule has 11 heavy (non-hydrogen) atoms. The van der Waals surface area contributed by atoms with E-state index in [2.05, 4.69) is 13.2 Å². The maximum atomic E-state index is 8.62. The quantitative estimate of drug-likeness (QED) is 0.458. The second kappa shape index (κ2) is 5.80. The van der Waals surface area contributed by atoms with Gasteiger partial charge >= 0.3 is 0 Å². The van der Waals surface area contributed by atoms with Gasteiger partial charge in [0.25, 0.3) is 0 Å². The summed E-state index contributed by atoms with van der Waals surface area (Å²) >= 11 is 0. The first-order valence-corrected chi connectivity index (χ1v) is 3.44. The minimum atomic E-state index is 0.118. The highest BCUT2D eigenvalue weighted by Crippen LogP contribution is 1.95. The zero-order valence-corrected chi connectivity index (χ0v) is 6.55. The van der Waals surface area contributed by atoms with Gasteiger partial charge in [-0.1, -0.05) is 13.2 Å². The summed E-state index contributed by atoms with van der Waals surface area (Å²) in [7, 11) is 0. The molecule has 0 fully saturated rings. The fourth-order valence-corrected chi connectivity index (χ4v) is 0.482. The van der Waals surface area contributed by atoms with Gasteiger partial charge in [0, 0.05) is 12.8 Å². The van der Waals surface area contributed by atoms with Crippen molar-refractivity contribution in [3.63, 3.8) is 0 Å². The zero-order chi connectivity index (χ0) is 8.69. The second-order valence-corrected chi connectivity index (χ2v) is 2.24. The Balaban J connectivity index is 3.03. The van der Waals surface area contributed by atoms with E-state index < -0.39 is 0 Å². The standard InChI is InChI=1S/C8H14O3/c1-7(9)3-5-11-6-4-8(2)10/h9-10H,1-6H2. The summed E-state index contributed by atoms with van der Waals surface area (Å²) in [6, 6.07) is 0. The van der Waals surface area contributed by atoms with Gasteiger partial charge in [-0.15, -0.1) is 0 Å². The topological polar surface area (TPSA) is 49.7 Å². The van der Waals surface area contributed by atoms with Gasteiger partial charge in [0.2, 0.25) is 0 Å². The molecule has 0 amide bonds. The van der Waals surface area contributed by atoms with E-state index in [9.17, 15) is 0 Å². The zero-order valence-electron chi connectivity index (χ0n) is 6.55. The van der Waals surface area contributed by atoms with E-state index in [1.54, 1.807) is 0 Å². The van der Waals surface area contributed by atoms with Crippen LogP contribution in [0.4, 0.5) is 0 Å². The highest BCUT2D eigenvalue weighted by molar-refractivity contribution is 4.79. The minimum Gasteiger partial charge on any atom is -0.513 e. The van der Waals surface area contributed by atoms with Gasteiger partial charge in [0.15, 0.2) is 0 Å². The molecule has 0 radical (unpaired) electrons. The van der Waals surface area contributed by atoms with Crippen LogP contribution < -0.4 is 0 Å². The molecular formula is C8H14O3. The van der Waals surface area contributed by atoms with Crippen molar-refractivity contribution in [3.8, 4) is 0 Å². The molecule has 0 aromatic heterocycles. The van der Waals surface area contributed by atoms with Gasteiger partial charge in [-0.25, -0.2) is 0 Å². The van der Waals surface area contributed by atoms with Crippen molar-refractivity contribution in [2.75, 3.05) is 13.2 Å². The Morgan fingerprint density at radius 2 is 1.36 bits per heavy atom. The van der Waals surface area contributed by atoms with E-state index in [0.29, 0.717) is 26.1 Å². The third-order valence-corrected chi connectivity index (χ3v) is 1.07. The van der Waals surface area contributed by atoms with Crippen LogP contribution in [0.1, 0.15) is 12.8 Å². The molecule has 0 aromatic carbocycles. The average Bonchev–Trinajstić information content (AvgIpc) is 1.85. The summed E-state index contributed by atoms with van der Waals surface area (Å²) < 4.78 is 5.01. The van der Waals surface area contributed by atoms with Crippen molar-refractivity contribution in [1.29, 1.82) is 0 Å². The molecule has 0 atom stereocenters. The summed E-state index contributed by atoms with van der Waals surface area (Å²) in [5, 5.41) is 17.2. The van der Waals surface area contributed by atoms with Gasteiger partial charge in [-0.2, -0.15) is 0 Å². The first kappa shape index (κ1) is 10.0. The number of aliphatic hydroxyl groups is 2. The highest BCUT2D eigenvalue weighted by Gasteiger charge is 1.92. The number of hydrogen-bond donors (Lipinski definition) is 2. The van der Waals surface area contributed by atoms with Gasteiger partial charge in [-0.3, -0.25) is 0 Å². The maximum Gasteiger partial charge on any atom is 0.0874 e. The number of hydrogen-bond acceptors (Lipinski definition) is 3. The third kappa shape index (κ3) is 9.04. The molecule has 0 heterocycles. The van der Waals surface area contributed by atoms with Crippen LogP contribution in [0.2, 0.25) is 0 Å². The normalized spacial score (nSPS) is 9.45. The summed E-state index contributed by atoms with van der Waals surface area (Å²) in [6.07, 6.45) is 0.885.